The lowest BCUT2D eigenvalue weighted by atomic mass is 10.1. The van der Waals surface area contributed by atoms with Gasteiger partial charge in [0, 0.05) is 19.3 Å². The third kappa shape index (κ3) is 2.29. The molecule has 0 saturated heterocycles. The lowest BCUT2D eigenvalue weighted by molar-refractivity contribution is 0.554. The van der Waals surface area contributed by atoms with Crippen molar-refractivity contribution in [3.8, 4) is 0 Å². The fourth-order valence-electron chi connectivity index (χ4n) is 2.47. The third-order valence-electron chi connectivity index (χ3n) is 3.42. The van der Waals surface area contributed by atoms with Gasteiger partial charge in [0.25, 0.3) is 0 Å². The molecule has 1 N–H and O–H groups in total. The summed E-state index contributed by atoms with van der Waals surface area (Å²) in [6.07, 6.45) is 4.58. The molecular formula is C13H15N3O2S. The van der Waals surface area contributed by atoms with Crippen LogP contribution in [0, 0.1) is 0 Å². The van der Waals surface area contributed by atoms with Gasteiger partial charge in [0.15, 0.2) is 0 Å². The van der Waals surface area contributed by atoms with Crippen LogP contribution in [0.2, 0.25) is 0 Å². The second-order valence-corrected chi connectivity index (χ2v) is 6.48. The van der Waals surface area contributed by atoms with E-state index in [1.165, 1.54) is 22.6 Å². The van der Waals surface area contributed by atoms with Gasteiger partial charge in [-0.15, -0.1) is 0 Å². The monoisotopic (exact) mass is 277 g/mol. The minimum Gasteiger partial charge on any atom is -0.274 e. The maximum atomic E-state index is 12.2. The van der Waals surface area contributed by atoms with Crippen molar-refractivity contribution in [3.05, 3.63) is 47.8 Å². The van der Waals surface area contributed by atoms with Gasteiger partial charge < -0.3 is 0 Å². The number of hydrogen-bond acceptors (Lipinski definition) is 3. The summed E-state index contributed by atoms with van der Waals surface area (Å²) >= 11 is 0. The summed E-state index contributed by atoms with van der Waals surface area (Å²) in [5.74, 6) is 0. The Hall–Kier alpha value is -1.66. The van der Waals surface area contributed by atoms with Gasteiger partial charge in [-0.25, -0.2) is 13.1 Å². The Morgan fingerprint density at radius 2 is 2.16 bits per heavy atom. The van der Waals surface area contributed by atoms with E-state index in [0.717, 1.165) is 18.4 Å². The van der Waals surface area contributed by atoms with E-state index < -0.39 is 10.0 Å². The average molecular weight is 277 g/mol. The maximum Gasteiger partial charge on any atom is 0.244 e. The highest BCUT2D eigenvalue weighted by atomic mass is 32.2. The molecular weight excluding hydrogens is 262 g/mol. The Morgan fingerprint density at radius 1 is 1.37 bits per heavy atom. The highest BCUT2D eigenvalue weighted by Crippen LogP contribution is 2.31. The van der Waals surface area contributed by atoms with Crippen LogP contribution in [0.3, 0.4) is 0 Å². The molecule has 0 saturated carbocycles. The van der Waals surface area contributed by atoms with Crippen molar-refractivity contribution in [2.75, 3.05) is 0 Å². The molecule has 1 aromatic carbocycles. The molecule has 0 fully saturated rings. The molecule has 1 unspecified atom stereocenters. The first-order valence-corrected chi connectivity index (χ1v) is 7.63. The third-order valence-corrected chi connectivity index (χ3v) is 4.85. The van der Waals surface area contributed by atoms with Gasteiger partial charge in [0.2, 0.25) is 10.0 Å². The number of fused-ring (bicyclic) bond motifs is 1. The quantitative estimate of drug-likeness (QED) is 0.922. The molecule has 3 rings (SSSR count). The maximum absolute atomic E-state index is 12.2. The molecule has 0 bridgehead atoms. The molecule has 1 atom stereocenters. The molecule has 100 valence electrons. The first-order chi connectivity index (χ1) is 9.06. The SMILES string of the molecule is Cn1cc(S(=O)(=O)NC2CCc3ccccc32)cn1. The van der Waals surface area contributed by atoms with Crippen LogP contribution in [0.1, 0.15) is 23.6 Å². The van der Waals surface area contributed by atoms with Crippen molar-refractivity contribution in [1.29, 1.82) is 0 Å². The Morgan fingerprint density at radius 3 is 2.89 bits per heavy atom. The van der Waals surface area contributed by atoms with E-state index in [0.29, 0.717) is 0 Å². The zero-order valence-corrected chi connectivity index (χ0v) is 11.4. The summed E-state index contributed by atoms with van der Waals surface area (Å²) in [5, 5.41) is 3.90. The Balaban J connectivity index is 1.87. The first kappa shape index (κ1) is 12.4. The fraction of sp³-hybridized carbons (Fsp3) is 0.308. The lowest BCUT2D eigenvalue weighted by Gasteiger charge is -2.13. The highest BCUT2D eigenvalue weighted by Gasteiger charge is 2.27. The Bertz CT molecular complexity index is 706. The summed E-state index contributed by atoms with van der Waals surface area (Å²) in [7, 11) is -1.80. The van der Waals surface area contributed by atoms with Crippen molar-refractivity contribution in [1.82, 2.24) is 14.5 Å². The Kier molecular flexibility index (Phi) is 2.91. The normalized spacial score (nSPS) is 18.5. The van der Waals surface area contributed by atoms with Crippen LogP contribution in [0.4, 0.5) is 0 Å². The predicted molar refractivity (Wildman–Crippen MR) is 71.0 cm³/mol. The van der Waals surface area contributed by atoms with E-state index in [2.05, 4.69) is 9.82 Å². The van der Waals surface area contributed by atoms with Gasteiger partial charge >= 0.3 is 0 Å². The predicted octanol–water partition coefficient (Wildman–Crippen LogP) is 1.39. The van der Waals surface area contributed by atoms with Crippen molar-refractivity contribution >= 4 is 10.0 Å². The standard InChI is InChI=1S/C13H15N3O2S/c1-16-9-11(8-14-16)19(17,18)15-13-7-6-10-4-2-3-5-12(10)13/h2-5,8-9,13,15H,6-7H2,1H3. The zero-order valence-electron chi connectivity index (χ0n) is 10.6. The zero-order chi connectivity index (χ0) is 13.5. The molecule has 19 heavy (non-hydrogen) atoms. The van der Waals surface area contributed by atoms with Crippen molar-refractivity contribution in [2.24, 2.45) is 7.05 Å². The number of benzene rings is 1. The van der Waals surface area contributed by atoms with E-state index in [4.69, 9.17) is 0 Å². The Labute approximate surface area is 112 Å². The minimum absolute atomic E-state index is 0.138. The molecule has 0 spiro atoms. The van der Waals surface area contributed by atoms with Crippen molar-refractivity contribution in [2.45, 2.75) is 23.8 Å². The molecule has 5 nitrogen and oxygen atoms in total. The number of nitrogens with zero attached hydrogens (tertiary/aromatic N) is 2. The molecule has 1 aromatic heterocycles. The molecule has 2 aromatic rings. The van der Waals surface area contributed by atoms with E-state index in [1.54, 1.807) is 7.05 Å². The van der Waals surface area contributed by atoms with E-state index in [-0.39, 0.29) is 10.9 Å². The van der Waals surface area contributed by atoms with Crippen molar-refractivity contribution < 1.29 is 8.42 Å². The van der Waals surface area contributed by atoms with Crippen LogP contribution in [0.25, 0.3) is 0 Å². The van der Waals surface area contributed by atoms with Crippen LogP contribution in [0.5, 0.6) is 0 Å². The van der Waals surface area contributed by atoms with Crippen LogP contribution in [-0.4, -0.2) is 18.2 Å². The molecule has 1 heterocycles. The molecule has 1 aliphatic rings. The summed E-state index contributed by atoms with van der Waals surface area (Å²) < 4.78 is 28.7. The van der Waals surface area contributed by atoms with Gasteiger partial charge in [-0.1, -0.05) is 24.3 Å². The largest absolute Gasteiger partial charge is 0.274 e. The second kappa shape index (κ2) is 4.47. The molecule has 0 radical (unpaired) electrons. The molecule has 0 amide bonds. The first-order valence-electron chi connectivity index (χ1n) is 6.15. The van der Waals surface area contributed by atoms with Crippen molar-refractivity contribution in [3.63, 3.8) is 0 Å². The van der Waals surface area contributed by atoms with Gasteiger partial charge in [-0.3, -0.25) is 4.68 Å². The molecule has 6 heteroatoms. The number of sulfonamides is 1. The summed E-state index contributed by atoms with van der Waals surface area (Å²) in [6, 6.07) is 7.82. The van der Waals surface area contributed by atoms with Gasteiger partial charge in [-0.2, -0.15) is 5.10 Å². The highest BCUT2D eigenvalue weighted by molar-refractivity contribution is 7.89. The fourth-order valence-corrected chi connectivity index (χ4v) is 3.71. The summed E-state index contributed by atoms with van der Waals surface area (Å²) in [4.78, 5) is 0.208. The van der Waals surface area contributed by atoms with Crippen LogP contribution in [-0.2, 0) is 23.5 Å². The summed E-state index contributed by atoms with van der Waals surface area (Å²) in [5.41, 5.74) is 2.30. The van der Waals surface area contributed by atoms with Gasteiger partial charge in [0.05, 0.1) is 6.20 Å². The average Bonchev–Trinajstić information content (AvgIpc) is 2.97. The number of aromatic nitrogens is 2. The van der Waals surface area contributed by atoms with E-state index in [1.807, 2.05) is 24.3 Å². The second-order valence-electron chi connectivity index (χ2n) is 4.76. The van der Waals surface area contributed by atoms with Gasteiger partial charge in [0.1, 0.15) is 4.90 Å². The minimum atomic E-state index is -3.50. The lowest BCUT2D eigenvalue weighted by Crippen LogP contribution is -2.27. The van der Waals surface area contributed by atoms with Crippen LogP contribution >= 0.6 is 0 Å². The van der Waals surface area contributed by atoms with E-state index in [9.17, 15) is 8.42 Å². The number of rotatable bonds is 3. The molecule has 1 aliphatic carbocycles. The smallest absolute Gasteiger partial charge is 0.244 e. The van der Waals surface area contributed by atoms with Crippen LogP contribution in [0.15, 0.2) is 41.6 Å². The molecule has 0 aliphatic heterocycles. The topological polar surface area (TPSA) is 64.0 Å². The van der Waals surface area contributed by atoms with E-state index >= 15 is 0 Å². The number of nitrogens with one attached hydrogen (secondary N) is 1. The van der Waals surface area contributed by atoms with Crippen LogP contribution < -0.4 is 4.72 Å². The van der Waals surface area contributed by atoms with Gasteiger partial charge in [-0.05, 0) is 24.0 Å². The summed E-state index contributed by atoms with van der Waals surface area (Å²) in [6.45, 7) is 0. The number of aryl methyl sites for hydroxylation is 2. The number of hydrogen-bond donors (Lipinski definition) is 1.